The Morgan fingerprint density at radius 1 is 1.11 bits per heavy atom. The minimum absolute atomic E-state index is 0. The largest absolute Gasteiger partial charge is 0.385 e. The van der Waals surface area contributed by atoms with Crippen molar-refractivity contribution >= 4 is 29.9 Å². The number of nitrogens with zero attached hydrogens (tertiary/aromatic N) is 4. The average molecular weight is 502 g/mol. The van der Waals surface area contributed by atoms with Crippen molar-refractivity contribution in [2.75, 3.05) is 33.4 Å². The summed E-state index contributed by atoms with van der Waals surface area (Å²) in [5, 5.41) is 14.8. The Hall–Kier alpha value is -1.72. The Balaban J connectivity index is 0.00000392. The fourth-order valence-electron chi connectivity index (χ4n) is 2.34. The predicted molar refractivity (Wildman–Crippen MR) is 121 cm³/mol. The molecule has 1 heterocycles. The predicted octanol–water partition coefficient (Wildman–Crippen LogP) is 2.03. The fraction of sp³-hybridized carbons (Fsp3) is 0.526. The van der Waals surface area contributed by atoms with Crippen molar-refractivity contribution in [1.82, 2.24) is 25.4 Å². The average Bonchev–Trinajstić information content (AvgIpc) is 3.01. The van der Waals surface area contributed by atoms with Gasteiger partial charge in [-0.05, 0) is 18.9 Å². The Morgan fingerprint density at radius 3 is 2.54 bits per heavy atom. The molecule has 0 spiro atoms. The van der Waals surface area contributed by atoms with Crippen LogP contribution in [0.3, 0.4) is 0 Å². The normalized spacial score (nSPS) is 11.2. The van der Waals surface area contributed by atoms with Crippen LogP contribution in [0, 0.1) is 6.92 Å². The molecule has 1 aromatic carbocycles. The van der Waals surface area contributed by atoms with Gasteiger partial charge in [0.25, 0.3) is 0 Å². The van der Waals surface area contributed by atoms with Gasteiger partial charge in [0.05, 0.1) is 13.2 Å². The van der Waals surface area contributed by atoms with Crippen molar-refractivity contribution in [2.45, 2.75) is 26.5 Å². The van der Waals surface area contributed by atoms with Crippen molar-refractivity contribution in [3.05, 3.63) is 47.5 Å². The van der Waals surface area contributed by atoms with E-state index in [0.29, 0.717) is 32.9 Å². The number of hydrogen-bond donors (Lipinski definition) is 2. The Morgan fingerprint density at radius 2 is 1.86 bits per heavy atom. The van der Waals surface area contributed by atoms with Crippen LogP contribution < -0.4 is 10.6 Å². The second-order valence-corrected chi connectivity index (χ2v) is 6.13. The highest BCUT2D eigenvalue weighted by atomic mass is 127. The van der Waals surface area contributed by atoms with E-state index in [-0.39, 0.29) is 24.0 Å². The molecule has 1 aromatic heterocycles. The summed E-state index contributed by atoms with van der Waals surface area (Å²) >= 11 is 0. The fourth-order valence-corrected chi connectivity index (χ4v) is 2.34. The lowest BCUT2D eigenvalue weighted by atomic mass is 10.2. The molecule has 0 aliphatic rings. The van der Waals surface area contributed by atoms with E-state index in [1.54, 1.807) is 7.11 Å². The van der Waals surface area contributed by atoms with Crippen molar-refractivity contribution in [3.8, 4) is 0 Å². The second-order valence-electron chi connectivity index (χ2n) is 6.13. The van der Waals surface area contributed by atoms with Crippen LogP contribution in [0.5, 0.6) is 0 Å². The number of rotatable bonds is 11. The molecule has 0 bridgehead atoms. The zero-order chi connectivity index (χ0) is 19.3. The zero-order valence-corrected chi connectivity index (χ0v) is 19.2. The maximum Gasteiger partial charge on any atom is 0.191 e. The topological polar surface area (TPSA) is 85.6 Å². The standard InChI is InChI=1S/C19H30N6O2.HI/c1-16-23-24-18(25(16)2)14-22-19(20-10-7-12-26-3)21-11-13-27-15-17-8-5-4-6-9-17;/h4-6,8-9H,7,10-15H2,1-3H3,(H2,20,21,22);1H. The van der Waals surface area contributed by atoms with Crippen LogP contribution in [0.1, 0.15) is 23.6 Å². The summed E-state index contributed by atoms with van der Waals surface area (Å²) in [6.07, 6.45) is 0.908. The molecule has 8 nitrogen and oxygen atoms in total. The molecule has 0 saturated heterocycles. The molecule has 2 rings (SSSR count). The minimum atomic E-state index is 0. The van der Waals surface area contributed by atoms with Crippen LogP contribution in [0.2, 0.25) is 0 Å². The first-order valence-corrected chi connectivity index (χ1v) is 9.18. The number of aryl methyl sites for hydroxylation is 1. The van der Waals surface area contributed by atoms with Crippen LogP contribution in [-0.2, 0) is 29.7 Å². The van der Waals surface area contributed by atoms with Gasteiger partial charge < -0.3 is 24.7 Å². The van der Waals surface area contributed by atoms with Crippen LogP contribution in [0.25, 0.3) is 0 Å². The lowest BCUT2D eigenvalue weighted by molar-refractivity contribution is 0.125. The number of benzene rings is 1. The molecule has 0 aliphatic carbocycles. The molecule has 0 radical (unpaired) electrons. The van der Waals surface area contributed by atoms with Gasteiger partial charge in [0, 0.05) is 33.9 Å². The van der Waals surface area contributed by atoms with Gasteiger partial charge in [-0.15, -0.1) is 34.2 Å². The number of aliphatic imine (C=N–C) groups is 1. The maximum absolute atomic E-state index is 5.71. The molecule has 0 atom stereocenters. The number of ether oxygens (including phenoxy) is 2. The molecule has 0 saturated carbocycles. The van der Waals surface area contributed by atoms with E-state index in [1.807, 2.05) is 36.7 Å². The van der Waals surface area contributed by atoms with E-state index < -0.39 is 0 Å². The summed E-state index contributed by atoms with van der Waals surface area (Å²) < 4.78 is 12.7. The second kappa shape index (κ2) is 14.3. The summed E-state index contributed by atoms with van der Waals surface area (Å²) in [5.41, 5.74) is 1.17. The third-order valence-corrected chi connectivity index (χ3v) is 4.03. The molecule has 9 heteroatoms. The van der Waals surface area contributed by atoms with Gasteiger partial charge in [0.1, 0.15) is 12.4 Å². The monoisotopic (exact) mass is 502 g/mol. The van der Waals surface area contributed by atoms with Crippen LogP contribution in [0.15, 0.2) is 35.3 Å². The summed E-state index contributed by atoms with van der Waals surface area (Å²) in [4.78, 5) is 4.60. The highest BCUT2D eigenvalue weighted by Gasteiger charge is 2.05. The van der Waals surface area contributed by atoms with Crippen LogP contribution in [-0.4, -0.2) is 54.1 Å². The molecular formula is C19H31IN6O2. The van der Waals surface area contributed by atoms with E-state index in [4.69, 9.17) is 9.47 Å². The third-order valence-electron chi connectivity index (χ3n) is 4.03. The molecule has 2 N–H and O–H groups in total. The minimum Gasteiger partial charge on any atom is -0.385 e. The van der Waals surface area contributed by atoms with Gasteiger partial charge in [-0.25, -0.2) is 4.99 Å². The van der Waals surface area contributed by atoms with Crippen molar-refractivity contribution in [3.63, 3.8) is 0 Å². The smallest absolute Gasteiger partial charge is 0.191 e. The van der Waals surface area contributed by atoms with Crippen molar-refractivity contribution < 1.29 is 9.47 Å². The van der Waals surface area contributed by atoms with E-state index >= 15 is 0 Å². The lowest BCUT2D eigenvalue weighted by Gasteiger charge is -2.13. The number of methoxy groups -OCH3 is 1. The molecular weight excluding hydrogens is 471 g/mol. The molecule has 0 aliphatic heterocycles. The number of nitrogens with one attached hydrogen (secondary N) is 2. The molecule has 0 unspecified atom stereocenters. The summed E-state index contributed by atoms with van der Waals surface area (Å²) in [6.45, 7) is 5.74. The number of aromatic nitrogens is 3. The van der Waals surface area contributed by atoms with Gasteiger partial charge in [-0.1, -0.05) is 30.3 Å². The molecule has 0 amide bonds. The number of hydrogen-bond acceptors (Lipinski definition) is 5. The van der Waals surface area contributed by atoms with E-state index in [9.17, 15) is 0 Å². The molecule has 28 heavy (non-hydrogen) atoms. The Kier molecular flexibility index (Phi) is 12.4. The van der Waals surface area contributed by atoms with Crippen LogP contribution in [0.4, 0.5) is 0 Å². The molecule has 0 fully saturated rings. The lowest BCUT2D eigenvalue weighted by Crippen LogP contribution is -2.39. The number of halogens is 1. The highest BCUT2D eigenvalue weighted by Crippen LogP contribution is 2.00. The van der Waals surface area contributed by atoms with Gasteiger partial charge in [-0.3, -0.25) is 0 Å². The first kappa shape index (κ1) is 24.3. The first-order valence-electron chi connectivity index (χ1n) is 9.18. The van der Waals surface area contributed by atoms with Gasteiger partial charge >= 0.3 is 0 Å². The van der Waals surface area contributed by atoms with Crippen molar-refractivity contribution in [2.24, 2.45) is 12.0 Å². The van der Waals surface area contributed by atoms with Crippen molar-refractivity contribution in [1.29, 1.82) is 0 Å². The SMILES string of the molecule is COCCCNC(=NCc1nnc(C)n1C)NCCOCc1ccccc1.I. The van der Waals surface area contributed by atoms with E-state index in [2.05, 4.69) is 38.0 Å². The Labute approximate surface area is 184 Å². The number of guanidine groups is 1. The Bertz CT molecular complexity index is 693. The molecule has 156 valence electrons. The molecule has 2 aromatic rings. The van der Waals surface area contributed by atoms with Gasteiger partial charge in [0.2, 0.25) is 0 Å². The van der Waals surface area contributed by atoms with E-state index in [0.717, 1.165) is 30.6 Å². The highest BCUT2D eigenvalue weighted by molar-refractivity contribution is 14.0. The quantitative estimate of drug-likeness (QED) is 0.212. The van der Waals surface area contributed by atoms with Crippen LogP contribution >= 0.6 is 24.0 Å². The zero-order valence-electron chi connectivity index (χ0n) is 16.9. The van der Waals surface area contributed by atoms with E-state index in [1.165, 1.54) is 5.56 Å². The van der Waals surface area contributed by atoms with Gasteiger partial charge in [0.15, 0.2) is 11.8 Å². The summed E-state index contributed by atoms with van der Waals surface area (Å²) in [5.74, 6) is 2.43. The first-order chi connectivity index (χ1) is 13.2. The summed E-state index contributed by atoms with van der Waals surface area (Å²) in [7, 11) is 3.64. The summed E-state index contributed by atoms with van der Waals surface area (Å²) in [6, 6.07) is 10.1. The third kappa shape index (κ3) is 8.98. The van der Waals surface area contributed by atoms with Gasteiger partial charge in [-0.2, -0.15) is 0 Å². The maximum atomic E-state index is 5.71.